The number of likely N-dealkylation sites (N-methyl/N-ethyl adjacent to an activating group) is 2. The summed E-state index contributed by atoms with van der Waals surface area (Å²) >= 11 is 6.43. The second-order valence-corrected chi connectivity index (χ2v) is 10.9. The van der Waals surface area contributed by atoms with Crippen LogP contribution in [0.3, 0.4) is 0 Å². The fourth-order valence-electron chi connectivity index (χ4n) is 3.66. The summed E-state index contributed by atoms with van der Waals surface area (Å²) in [5, 5.41) is 9.56. The molecule has 0 aliphatic carbocycles. The van der Waals surface area contributed by atoms with Crippen molar-refractivity contribution in [2.45, 2.75) is 0 Å². The monoisotopic (exact) mass is 586 g/mol. The molecule has 3 aromatic rings. The summed E-state index contributed by atoms with van der Waals surface area (Å²) < 4.78 is 19.4. The van der Waals surface area contributed by atoms with Crippen molar-refractivity contribution in [3.8, 4) is 5.75 Å². The number of methoxy groups -OCH3 is 1. The van der Waals surface area contributed by atoms with Gasteiger partial charge in [0.1, 0.15) is 21.8 Å². The summed E-state index contributed by atoms with van der Waals surface area (Å²) in [6.07, 6.45) is 4.28. The zero-order valence-electron chi connectivity index (χ0n) is 23.5. The van der Waals surface area contributed by atoms with E-state index in [0.29, 0.717) is 39.3 Å². The first-order valence-electron chi connectivity index (χ1n) is 12.3. The number of aromatic nitrogens is 2. The number of nitrogens with zero attached hydrogens (tertiary/aromatic N) is 5. The molecule has 0 radical (unpaired) electrons. The Morgan fingerprint density at radius 2 is 1.80 bits per heavy atom. The molecule has 0 saturated heterocycles. The van der Waals surface area contributed by atoms with Crippen LogP contribution in [0.4, 0.5) is 40.2 Å². The maximum Gasteiger partial charge on any atom is 0.247 e. The standard InChI is InChI=1S/C27H35ClN8O3S/c1-8-25(37)30-20-15-21(24(39-6)16-23(20)35(4)14-13-34(2)3)32-27-29-17-18(28)26(33-27)31-19-11-9-10-12-22(19)36(5)40(7)38/h8-12,15-17H,1,13-14H2,2-7H3,(H,30,37)(H2,29,31,32,33). The van der Waals surface area contributed by atoms with Crippen LogP contribution in [0.2, 0.25) is 5.02 Å². The van der Waals surface area contributed by atoms with E-state index in [1.807, 2.05) is 56.4 Å². The molecule has 0 aliphatic rings. The largest absolute Gasteiger partial charge is 0.494 e. The summed E-state index contributed by atoms with van der Waals surface area (Å²) in [4.78, 5) is 25.2. The van der Waals surface area contributed by atoms with Gasteiger partial charge in [0.05, 0.1) is 41.7 Å². The van der Waals surface area contributed by atoms with Gasteiger partial charge in [-0.1, -0.05) is 30.3 Å². The lowest BCUT2D eigenvalue weighted by Gasteiger charge is -2.26. The molecule has 1 atom stereocenters. The van der Waals surface area contributed by atoms with Crippen LogP contribution in [0, 0.1) is 0 Å². The molecule has 1 heterocycles. The number of hydrogen-bond acceptors (Lipinski definition) is 9. The predicted molar refractivity (Wildman–Crippen MR) is 166 cm³/mol. The molecular formula is C27H35ClN8O3S. The van der Waals surface area contributed by atoms with Crippen LogP contribution < -0.4 is 29.9 Å². The highest BCUT2D eigenvalue weighted by Crippen LogP contribution is 2.38. The fraction of sp³-hybridized carbons (Fsp3) is 0.296. The van der Waals surface area contributed by atoms with Crippen LogP contribution in [0.15, 0.2) is 55.3 Å². The van der Waals surface area contributed by atoms with Crippen LogP contribution >= 0.6 is 11.6 Å². The van der Waals surface area contributed by atoms with Crippen molar-refractivity contribution in [3.63, 3.8) is 0 Å². The van der Waals surface area contributed by atoms with Crippen molar-refractivity contribution in [3.05, 3.63) is 60.3 Å². The van der Waals surface area contributed by atoms with E-state index in [0.717, 1.165) is 18.8 Å². The molecule has 11 nitrogen and oxygen atoms in total. The van der Waals surface area contributed by atoms with Gasteiger partial charge in [-0.3, -0.25) is 9.10 Å². The van der Waals surface area contributed by atoms with Gasteiger partial charge in [-0.25, -0.2) is 9.19 Å². The number of carbonyl (C=O) groups is 1. The molecule has 0 bridgehead atoms. The van der Waals surface area contributed by atoms with Crippen LogP contribution in [0.1, 0.15) is 0 Å². The number of anilines is 7. The van der Waals surface area contributed by atoms with Crippen molar-refractivity contribution in [2.75, 3.05) is 79.8 Å². The Balaban J connectivity index is 1.97. The smallest absolute Gasteiger partial charge is 0.247 e. The number of rotatable bonds is 13. The third-order valence-corrected chi connectivity index (χ3v) is 7.17. The van der Waals surface area contributed by atoms with Crippen molar-refractivity contribution in [2.24, 2.45) is 0 Å². The lowest BCUT2D eigenvalue weighted by Crippen LogP contribution is -2.29. The van der Waals surface area contributed by atoms with Crippen LogP contribution in [0.25, 0.3) is 0 Å². The molecule has 0 fully saturated rings. The fourth-order valence-corrected chi connectivity index (χ4v) is 4.24. The average molecular weight is 587 g/mol. The summed E-state index contributed by atoms with van der Waals surface area (Å²) in [5.74, 6) is 0.768. The Labute approximate surface area is 242 Å². The Kier molecular flexibility index (Phi) is 10.7. The molecule has 13 heteroatoms. The maximum atomic E-state index is 12.2. The summed E-state index contributed by atoms with van der Waals surface area (Å²) in [7, 11) is 8.01. The first-order chi connectivity index (χ1) is 19.0. The van der Waals surface area contributed by atoms with Crippen molar-refractivity contribution >= 4 is 68.7 Å². The van der Waals surface area contributed by atoms with Gasteiger partial charge in [0.25, 0.3) is 0 Å². The van der Waals surface area contributed by atoms with E-state index in [4.69, 9.17) is 16.3 Å². The van der Waals surface area contributed by atoms with E-state index >= 15 is 0 Å². The van der Waals surface area contributed by atoms with Crippen molar-refractivity contribution in [1.29, 1.82) is 0 Å². The van der Waals surface area contributed by atoms with E-state index in [-0.39, 0.29) is 11.9 Å². The first-order valence-corrected chi connectivity index (χ1v) is 14.2. The number of hydrogen-bond donors (Lipinski definition) is 3. The molecule has 1 aromatic heterocycles. The van der Waals surface area contributed by atoms with Gasteiger partial charge in [-0.2, -0.15) is 4.98 Å². The number of halogens is 1. The number of ether oxygens (including phenoxy) is 1. The van der Waals surface area contributed by atoms with Crippen molar-refractivity contribution < 1.29 is 13.7 Å². The molecule has 40 heavy (non-hydrogen) atoms. The van der Waals surface area contributed by atoms with Gasteiger partial charge < -0.3 is 30.5 Å². The molecular weight excluding hydrogens is 552 g/mol. The molecule has 1 amide bonds. The van der Waals surface area contributed by atoms with E-state index in [1.54, 1.807) is 30.8 Å². The summed E-state index contributed by atoms with van der Waals surface area (Å²) in [5.41, 5.74) is 3.25. The Hall–Kier alpha value is -3.87. The molecule has 1 unspecified atom stereocenters. The van der Waals surface area contributed by atoms with E-state index in [2.05, 4.69) is 37.4 Å². The van der Waals surface area contributed by atoms with Crippen LogP contribution in [0.5, 0.6) is 5.75 Å². The highest BCUT2D eigenvalue weighted by molar-refractivity contribution is 7.85. The molecule has 0 spiro atoms. The van der Waals surface area contributed by atoms with Gasteiger partial charge in [-0.15, -0.1) is 0 Å². The van der Waals surface area contributed by atoms with E-state index in [1.165, 1.54) is 12.3 Å². The Morgan fingerprint density at radius 1 is 1.07 bits per heavy atom. The molecule has 2 aromatic carbocycles. The topological polar surface area (TPSA) is 115 Å². The van der Waals surface area contributed by atoms with Gasteiger partial charge >= 0.3 is 0 Å². The first kappa shape index (κ1) is 30.7. The highest BCUT2D eigenvalue weighted by atomic mass is 35.5. The summed E-state index contributed by atoms with van der Waals surface area (Å²) in [6.45, 7) is 5.10. The Bertz CT molecular complexity index is 1390. The number of amides is 1. The zero-order valence-corrected chi connectivity index (χ0v) is 25.1. The maximum absolute atomic E-state index is 12.2. The lowest BCUT2D eigenvalue weighted by atomic mass is 10.2. The molecule has 214 valence electrons. The normalized spacial score (nSPS) is 11.5. The number of carbonyl (C=O) groups excluding carboxylic acids is 1. The summed E-state index contributed by atoms with van der Waals surface area (Å²) in [6, 6.07) is 11.0. The predicted octanol–water partition coefficient (Wildman–Crippen LogP) is 4.48. The minimum atomic E-state index is -1.23. The third kappa shape index (κ3) is 7.84. The minimum absolute atomic E-state index is 0.241. The van der Waals surface area contributed by atoms with E-state index in [9.17, 15) is 9.00 Å². The highest BCUT2D eigenvalue weighted by Gasteiger charge is 2.18. The van der Waals surface area contributed by atoms with E-state index < -0.39 is 11.0 Å². The van der Waals surface area contributed by atoms with Gasteiger partial charge in [0, 0.05) is 39.5 Å². The van der Waals surface area contributed by atoms with Crippen molar-refractivity contribution in [1.82, 2.24) is 14.9 Å². The van der Waals surface area contributed by atoms with Crippen LogP contribution in [-0.2, 0) is 15.8 Å². The van der Waals surface area contributed by atoms with Crippen LogP contribution in [-0.4, -0.2) is 79.6 Å². The lowest BCUT2D eigenvalue weighted by molar-refractivity contribution is -0.111. The second-order valence-electron chi connectivity index (χ2n) is 9.07. The third-order valence-electron chi connectivity index (χ3n) is 5.93. The Morgan fingerprint density at radius 3 is 2.45 bits per heavy atom. The number of para-hydroxylation sites is 2. The molecule has 0 aliphatic heterocycles. The molecule has 3 N–H and O–H groups in total. The SMILES string of the molecule is C=CC(=O)Nc1cc(Nc2ncc(Cl)c(Nc3ccccc3N(C)S(C)=O)n2)c(OC)cc1N(C)CCN(C)C. The number of benzene rings is 2. The minimum Gasteiger partial charge on any atom is -0.494 e. The van der Waals surface area contributed by atoms with Gasteiger partial charge in [0.15, 0.2) is 5.82 Å². The number of nitrogens with one attached hydrogen (secondary N) is 3. The zero-order chi connectivity index (χ0) is 29.4. The average Bonchev–Trinajstić information content (AvgIpc) is 2.93. The van der Waals surface area contributed by atoms with Gasteiger partial charge in [0.2, 0.25) is 11.9 Å². The molecule has 3 rings (SSSR count). The molecule has 0 saturated carbocycles. The van der Waals surface area contributed by atoms with Gasteiger partial charge in [-0.05, 0) is 38.4 Å². The second kappa shape index (κ2) is 14.0. The quantitative estimate of drug-likeness (QED) is 0.249.